The van der Waals surface area contributed by atoms with E-state index in [1.807, 2.05) is 0 Å². The van der Waals surface area contributed by atoms with Crippen LogP contribution >= 0.6 is 0 Å². The quantitative estimate of drug-likeness (QED) is 0.712. The van der Waals surface area contributed by atoms with E-state index in [0.717, 1.165) is 25.7 Å². The summed E-state index contributed by atoms with van der Waals surface area (Å²) in [6.07, 6.45) is 8.27. The van der Waals surface area contributed by atoms with E-state index < -0.39 is 0 Å². The predicted octanol–water partition coefficient (Wildman–Crippen LogP) is 4.07. The molecule has 2 heterocycles. The fourth-order valence-corrected chi connectivity index (χ4v) is 4.08. The first-order valence-corrected chi connectivity index (χ1v) is 8.00. The van der Waals surface area contributed by atoms with Gasteiger partial charge in [-0.3, -0.25) is 4.79 Å². The maximum absolute atomic E-state index is 13.0. The van der Waals surface area contributed by atoms with Crippen molar-refractivity contribution < 1.29 is 9.18 Å². The third-order valence-corrected chi connectivity index (χ3v) is 5.37. The Kier molecular flexibility index (Phi) is 3.09. The van der Waals surface area contributed by atoms with Crippen LogP contribution in [0.5, 0.6) is 0 Å². The summed E-state index contributed by atoms with van der Waals surface area (Å²) in [4.78, 5) is 14.8. The first kappa shape index (κ1) is 13.1. The van der Waals surface area contributed by atoms with Gasteiger partial charge in [0.2, 0.25) is 0 Å². The molecule has 0 aromatic heterocycles. The zero-order valence-electron chi connectivity index (χ0n) is 12.1. The Morgan fingerprint density at radius 1 is 1.00 bits per heavy atom. The molecule has 110 valence electrons. The Hall–Kier alpha value is -1.64. The number of nitrogens with zero attached hydrogens (tertiary/aromatic N) is 1. The van der Waals surface area contributed by atoms with Crippen LogP contribution in [0.2, 0.25) is 0 Å². The van der Waals surface area contributed by atoms with Crippen LogP contribution in [0.25, 0.3) is 0 Å². The van der Waals surface area contributed by atoms with Crippen LogP contribution in [-0.4, -0.2) is 22.9 Å². The lowest BCUT2D eigenvalue weighted by atomic mass is 9.82. The van der Waals surface area contributed by atoms with E-state index in [1.54, 1.807) is 23.3 Å². The SMILES string of the molecule is O=C(c1ccc(F)cc1)N1C2CCC1CC(=C1CCC1)C2. The Bertz CT molecular complexity index is 582. The molecule has 2 aliphatic heterocycles. The van der Waals surface area contributed by atoms with Crippen LogP contribution in [0, 0.1) is 5.82 Å². The molecule has 3 fully saturated rings. The van der Waals surface area contributed by atoms with Crippen LogP contribution in [-0.2, 0) is 0 Å². The molecule has 0 spiro atoms. The number of amides is 1. The van der Waals surface area contributed by atoms with Gasteiger partial charge >= 0.3 is 0 Å². The van der Waals surface area contributed by atoms with Gasteiger partial charge in [0.25, 0.3) is 5.91 Å². The van der Waals surface area contributed by atoms with E-state index in [-0.39, 0.29) is 11.7 Å². The standard InChI is InChI=1S/C18H20FNO/c19-15-6-4-13(5-7-15)18(21)20-16-8-9-17(20)11-14(10-16)12-2-1-3-12/h4-7,16-17H,1-3,8-11H2. The highest BCUT2D eigenvalue weighted by atomic mass is 19.1. The molecule has 1 saturated carbocycles. The fourth-order valence-electron chi connectivity index (χ4n) is 4.08. The van der Waals surface area contributed by atoms with Crippen LogP contribution in [0.15, 0.2) is 35.4 Å². The van der Waals surface area contributed by atoms with Gasteiger partial charge in [-0.1, -0.05) is 11.1 Å². The van der Waals surface area contributed by atoms with Crippen molar-refractivity contribution in [3.8, 4) is 0 Å². The number of hydrogen-bond acceptors (Lipinski definition) is 1. The lowest BCUT2D eigenvalue weighted by Crippen LogP contribution is -2.45. The maximum atomic E-state index is 13.0. The number of hydrogen-bond donors (Lipinski definition) is 0. The molecule has 1 aliphatic carbocycles. The van der Waals surface area contributed by atoms with Gasteiger partial charge in [-0.2, -0.15) is 0 Å². The molecule has 1 aromatic carbocycles. The van der Waals surface area contributed by atoms with E-state index in [2.05, 4.69) is 4.90 Å². The molecule has 2 atom stereocenters. The minimum Gasteiger partial charge on any atom is -0.332 e. The molecule has 2 saturated heterocycles. The first-order valence-electron chi connectivity index (χ1n) is 8.00. The number of rotatable bonds is 1. The molecule has 4 rings (SSSR count). The molecule has 21 heavy (non-hydrogen) atoms. The van der Waals surface area contributed by atoms with Gasteiger partial charge in [0.05, 0.1) is 0 Å². The summed E-state index contributed by atoms with van der Waals surface area (Å²) in [5.74, 6) is -0.203. The monoisotopic (exact) mass is 285 g/mol. The summed E-state index contributed by atoms with van der Waals surface area (Å²) in [6, 6.07) is 6.70. The number of benzene rings is 1. The number of halogens is 1. The molecule has 0 N–H and O–H groups in total. The van der Waals surface area contributed by atoms with Gasteiger partial charge in [0.15, 0.2) is 0 Å². The Balaban J connectivity index is 1.57. The Labute approximate surface area is 124 Å². The average Bonchev–Trinajstić information content (AvgIpc) is 2.68. The van der Waals surface area contributed by atoms with E-state index in [9.17, 15) is 9.18 Å². The second-order valence-electron chi connectivity index (χ2n) is 6.57. The van der Waals surface area contributed by atoms with Crippen molar-refractivity contribution >= 4 is 5.91 Å². The highest BCUT2D eigenvalue weighted by Gasteiger charge is 2.42. The molecule has 0 radical (unpaired) electrons. The van der Waals surface area contributed by atoms with Crippen LogP contribution in [0.1, 0.15) is 55.3 Å². The van der Waals surface area contributed by atoms with Crippen LogP contribution in [0.3, 0.4) is 0 Å². The minimum absolute atomic E-state index is 0.0835. The molecular formula is C18H20FNO. The molecule has 2 unspecified atom stereocenters. The molecular weight excluding hydrogens is 265 g/mol. The zero-order valence-corrected chi connectivity index (χ0v) is 12.1. The van der Waals surface area contributed by atoms with Gasteiger partial charge in [-0.15, -0.1) is 0 Å². The second kappa shape index (κ2) is 4.97. The highest BCUT2D eigenvalue weighted by molar-refractivity contribution is 5.95. The van der Waals surface area contributed by atoms with Crippen molar-refractivity contribution in [2.24, 2.45) is 0 Å². The minimum atomic E-state index is -0.287. The highest BCUT2D eigenvalue weighted by Crippen LogP contribution is 2.43. The van der Waals surface area contributed by atoms with Crippen molar-refractivity contribution in [3.63, 3.8) is 0 Å². The van der Waals surface area contributed by atoms with Crippen molar-refractivity contribution in [1.82, 2.24) is 4.90 Å². The van der Waals surface area contributed by atoms with Crippen molar-refractivity contribution in [2.75, 3.05) is 0 Å². The smallest absolute Gasteiger partial charge is 0.254 e. The fraction of sp³-hybridized carbons (Fsp3) is 0.500. The third kappa shape index (κ3) is 2.19. The normalized spacial score (nSPS) is 27.8. The van der Waals surface area contributed by atoms with Gasteiger partial charge in [0, 0.05) is 17.6 Å². The van der Waals surface area contributed by atoms with E-state index in [0.29, 0.717) is 17.6 Å². The molecule has 2 bridgehead atoms. The number of carbonyl (C=O) groups is 1. The molecule has 3 aliphatic rings. The number of allylic oxidation sites excluding steroid dienone is 1. The summed E-state index contributed by atoms with van der Waals surface area (Å²) in [5.41, 5.74) is 3.92. The third-order valence-electron chi connectivity index (χ3n) is 5.37. The van der Waals surface area contributed by atoms with Crippen LogP contribution in [0.4, 0.5) is 4.39 Å². The van der Waals surface area contributed by atoms with Crippen molar-refractivity contribution in [1.29, 1.82) is 0 Å². The predicted molar refractivity (Wildman–Crippen MR) is 79.5 cm³/mol. The van der Waals surface area contributed by atoms with E-state index in [1.165, 1.54) is 31.4 Å². The zero-order chi connectivity index (χ0) is 14.4. The maximum Gasteiger partial charge on any atom is 0.254 e. The first-order chi connectivity index (χ1) is 10.2. The Morgan fingerprint density at radius 3 is 2.14 bits per heavy atom. The summed E-state index contributed by atoms with van der Waals surface area (Å²) in [7, 11) is 0. The molecule has 1 aromatic rings. The topological polar surface area (TPSA) is 20.3 Å². The summed E-state index contributed by atoms with van der Waals surface area (Å²) in [5, 5.41) is 0. The van der Waals surface area contributed by atoms with Gasteiger partial charge in [0.1, 0.15) is 5.82 Å². The van der Waals surface area contributed by atoms with Crippen LogP contribution < -0.4 is 0 Å². The number of fused-ring (bicyclic) bond motifs is 2. The summed E-state index contributed by atoms with van der Waals surface area (Å²) < 4.78 is 13.0. The summed E-state index contributed by atoms with van der Waals surface area (Å²) in [6.45, 7) is 0. The number of piperidine rings is 1. The second-order valence-corrected chi connectivity index (χ2v) is 6.57. The van der Waals surface area contributed by atoms with Gasteiger partial charge in [-0.25, -0.2) is 4.39 Å². The van der Waals surface area contributed by atoms with Gasteiger partial charge in [-0.05, 0) is 69.2 Å². The largest absolute Gasteiger partial charge is 0.332 e. The molecule has 1 amide bonds. The lowest BCUT2D eigenvalue weighted by molar-refractivity contribution is 0.0633. The number of carbonyl (C=O) groups excluding carboxylic acids is 1. The molecule has 3 heteroatoms. The van der Waals surface area contributed by atoms with Crippen molar-refractivity contribution in [3.05, 3.63) is 46.8 Å². The lowest BCUT2D eigenvalue weighted by Gasteiger charge is -2.38. The molecule has 2 nitrogen and oxygen atoms in total. The van der Waals surface area contributed by atoms with E-state index >= 15 is 0 Å². The summed E-state index contributed by atoms with van der Waals surface area (Å²) >= 11 is 0. The van der Waals surface area contributed by atoms with Crippen molar-refractivity contribution in [2.45, 2.75) is 57.0 Å². The van der Waals surface area contributed by atoms with Gasteiger partial charge < -0.3 is 4.90 Å². The average molecular weight is 285 g/mol. The Morgan fingerprint density at radius 2 is 1.62 bits per heavy atom. The van der Waals surface area contributed by atoms with E-state index in [4.69, 9.17) is 0 Å².